The van der Waals surface area contributed by atoms with Crippen LogP contribution in [0.15, 0.2) is 12.1 Å². The second-order valence-corrected chi connectivity index (χ2v) is 3.62. The number of hydrogen-bond acceptors (Lipinski definition) is 1. The van der Waals surface area contributed by atoms with Gasteiger partial charge in [0, 0.05) is 12.2 Å². The molecule has 2 rings (SSSR count). The zero-order valence-corrected chi connectivity index (χ0v) is 7.78. The van der Waals surface area contributed by atoms with Crippen molar-refractivity contribution >= 4 is 5.69 Å². The van der Waals surface area contributed by atoms with Crippen LogP contribution in [0, 0.1) is 13.8 Å². The summed E-state index contributed by atoms with van der Waals surface area (Å²) in [6.07, 6.45) is 2.51. The van der Waals surface area contributed by atoms with E-state index in [0.717, 1.165) is 6.54 Å². The minimum absolute atomic E-state index is 1.13. The summed E-state index contributed by atoms with van der Waals surface area (Å²) in [6.45, 7) is 5.49. The largest absolute Gasteiger partial charge is 0.385 e. The summed E-state index contributed by atoms with van der Waals surface area (Å²) in [7, 11) is 0. The van der Waals surface area contributed by atoms with Crippen LogP contribution in [0.4, 0.5) is 5.69 Å². The molecule has 0 saturated carbocycles. The zero-order chi connectivity index (χ0) is 8.55. The van der Waals surface area contributed by atoms with Crippen LogP contribution < -0.4 is 5.32 Å². The summed E-state index contributed by atoms with van der Waals surface area (Å²) in [5.74, 6) is 0. The van der Waals surface area contributed by atoms with Gasteiger partial charge in [-0.2, -0.15) is 0 Å². The highest BCUT2D eigenvalue weighted by Gasteiger charge is 2.08. The fraction of sp³-hybridized carbons (Fsp3) is 0.455. The summed E-state index contributed by atoms with van der Waals surface area (Å²) < 4.78 is 0. The Hall–Kier alpha value is -0.980. The molecule has 0 amide bonds. The molecule has 0 radical (unpaired) electrons. The molecular weight excluding hydrogens is 146 g/mol. The van der Waals surface area contributed by atoms with Crippen molar-refractivity contribution < 1.29 is 0 Å². The maximum atomic E-state index is 3.43. The molecule has 1 aromatic rings. The summed E-state index contributed by atoms with van der Waals surface area (Å²) in [6, 6.07) is 4.58. The van der Waals surface area contributed by atoms with Crippen molar-refractivity contribution in [2.75, 3.05) is 11.9 Å². The highest BCUT2D eigenvalue weighted by atomic mass is 14.9. The van der Waals surface area contributed by atoms with Crippen LogP contribution in [0.5, 0.6) is 0 Å². The lowest BCUT2D eigenvalue weighted by atomic mass is 9.98. The van der Waals surface area contributed by atoms with E-state index in [0.29, 0.717) is 0 Å². The normalized spacial score (nSPS) is 15.2. The van der Waals surface area contributed by atoms with Gasteiger partial charge in [0.25, 0.3) is 0 Å². The molecule has 0 bridgehead atoms. The first kappa shape index (κ1) is 7.66. The molecule has 0 aromatic heterocycles. The molecule has 0 atom stereocenters. The molecule has 0 unspecified atom stereocenters. The fourth-order valence-corrected chi connectivity index (χ4v) is 1.75. The Morgan fingerprint density at radius 3 is 2.75 bits per heavy atom. The zero-order valence-electron chi connectivity index (χ0n) is 7.78. The number of rotatable bonds is 0. The average molecular weight is 161 g/mol. The van der Waals surface area contributed by atoms with Gasteiger partial charge in [-0.15, -0.1) is 0 Å². The Kier molecular flexibility index (Phi) is 1.80. The summed E-state index contributed by atoms with van der Waals surface area (Å²) in [4.78, 5) is 0. The highest BCUT2D eigenvalue weighted by Crippen LogP contribution is 2.24. The van der Waals surface area contributed by atoms with Crippen molar-refractivity contribution in [1.82, 2.24) is 0 Å². The van der Waals surface area contributed by atoms with E-state index in [1.807, 2.05) is 0 Å². The molecule has 1 aliphatic heterocycles. The summed E-state index contributed by atoms with van der Waals surface area (Å²) >= 11 is 0. The van der Waals surface area contributed by atoms with Gasteiger partial charge in [0.15, 0.2) is 0 Å². The fourth-order valence-electron chi connectivity index (χ4n) is 1.75. The SMILES string of the molecule is Cc1cc2c(cc1C)NCCC2. The van der Waals surface area contributed by atoms with Gasteiger partial charge < -0.3 is 5.32 Å². The second-order valence-electron chi connectivity index (χ2n) is 3.62. The van der Waals surface area contributed by atoms with Gasteiger partial charge in [0.1, 0.15) is 0 Å². The van der Waals surface area contributed by atoms with Gasteiger partial charge in [0.2, 0.25) is 0 Å². The molecule has 1 nitrogen and oxygen atoms in total. The Morgan fingerprint density at radius 2 is 1.92 bits per heavy atom. The molecule has 1 aromatic carbocycles. The molecule has 1 N–H and O–H groups in total. The van der Waals surface area contributed by atoms with Gasteiger partial charge in [-0.25, -0.2) is 0 Å². The summed E-state index contributed by atoms with van der Waals surface area (Å²) in [5.41, 5.74) is 5.65. The third-order valence-corrected chi connectivity index (χ3v) is 2.66. The first-order chi connectivity index (χ1) is 5.77. The molecule has 0 saturated heterocycles. The first-order valence-corrected chi connectivity index (χ1v) is 4.61. The maximum absolute atomic E-state index is 3.43. The number of anilines is 1. The predicted molar refractivity (Wildman–Crippen MR) is 52.7 cm³/mol. The van der Waals surface area contributed by atoms with Crippen molar-refractivity contribution in [3.8, 4) is 0 Å². The highest BCUT2D eigenvalue weighted by molar-refractivity contribution is 5.56. The number of fused-ring (bicyclic) bond motifs is 1. The number of nitrogens with one attached hydrogen (secondary N) is 1. The quantitative estimate of drug-likeness (QED) is 0.617. The van der Waals surface area contributed by atoms with E-state index in [9.17, 15) is 0 Å². The van der Waals surface area contributed by atoms with Crippen LogP contribution in [0.3, 0.4) is 0 Å². The van der Waals surface area contributed by atoms with Crippen LogP contribution in [-0.4, -0.2) is 6.54 Å². The van der Waals surface area contributed by atoms with Crippen LogP contribution in [0.25, 0.3) is 0 Å². The number of aryl methyl sites for hydroxylation is 3. The monoisotopic (exact) mass is 161 g/mol. The summed E-state index contributed by atoms with van der Waals surface area (Å²) in [5, 5.41) is 3.43. The molecule has 0 fully saturated rings. The Bertz CT molecular complexity index is 271. The topological polar surface area (TPSA) is 12.0 Å². The number of benzene rings is 1. The van der Waals surface area contributed by atoms with Gasteiger partial charge in [-0.3, -0.25) is 0 Å². The Balaban J connectivity index is 2.49. The van der Waals surface area contributed by atoms with Crippen molar-refractivity contribution in [1.29, 1.82) is 0 Å². The molecule has 64 valence electrons. The van der Waals surface area contributed by atoms with E-state index < -0.39 is 0 Å². The Morgan fingerprint density at radius 1 is 1.17 bits per heavy atom. The van der Waals surface area contributed by atoms with E-state index in [1.165, 1.54) is 35.2 Å². The molecule has 12 heavy (non-hydrogen) atoms. The number of hydrogen-bond donors (Lipinski definition) is 1. The van der Waals surface area contributed by atoms with Crippen LogP contribution in [0.1, 0.15) is 23.1 Å². The van der Waals surface area contributed by atoms with E-state index >= 15 is 0 Å². The van der Waals surface area contributed by atoms with Crippen LogP contribution >= 0.6 is 0 Å². The van der Waals surface area contributed by atoms with Crippen molar-refractivity contribution in [3.05, 3.63) is 28.8 Å². The van der Waals surface area contributed by atoms with Crippen LogP contribution in [-0.2, 0) is 6.42 Å². The molecule has 0 spiro atoms. The standard InChI is InChI=1S/C11H15N/c1-8-6-10-4-3-5-12-11(10)7-9(8)2/h6-7,12H,3-5H2,1-2H3. The second kappa shape index (κ2) is 2.81. The van der Waals surface area contributed by atoms with Crippen molar-refractivity contribution in [2.24, 2.45) is 0 Å². The lowest BCUT2D eigenvalue weighted by molar-refractivity contribution is 0.828. The third kappa shape index (κ3) is 1.20. The minimum Gasteiger partial charge on any atom is -0.385 e. The van der Waals surface area contributed by atoms with E-state index in [1.54, 1.807) is 0 Å². The molecule has 0 aliphatic carbocycles. The molecule has 1 aliphatic rings. The van der Waals surface area contributed by atoms with Gasteiger partial charge in [-0.1, -0.05) is 6.07 Å². The van der Waals surface area contributed by atoms with E-state index in [-0.39, 0.29) is 0 Å². The van der Waals surface area contributed by atoms with E-state index in [2.05, 4.69) is 31.3 Å². The van der Waals surface area contributed by atoms with Gasteiger partial charge in [0.05, 0.1) is 0 Å². The Labute approximate surface area is 73.8 Å². The van der Waals surface area contributed by atoms with Gasteiger partial charge >= 0.3 is 0 Å². The average Bonchev–Trinajstić information content (AvgIpc) is 2.07. The lowest BCUT2D eigenvalue weighted by Gasteiger charge is -2.19. The van der Waals surface area contributed by atoms with Crippen molar-refractivity contribution in [2.45, 2.75) is 26.7 Å². The lowest BCUT2D eigenvalue weighted by Crippen LogP contribution is -2.12. The van der Waals surface area contributed by atoms with Gasteiger partial charge in [-0.05, 0) is 49.4 Å². The van der Waals surface area contributed by atoms with E-state index in [4.69, 9.17) is 0 Å². The molecular formula is C11H15N. The first-order valence-electron chi connectivity index (χ1n) is 4.61. The molecule has 1 heterocycles. The smallest absolute Gasteiger partial charge is 0.0375 e. The third-order valence-electron chi connectivity index (χ3n) is 2.66. The van der Waals surface area contributed by atoms with Crippen molar-refractivity contribution in [3.63, 3.8) is 0 Å². The van der Waals surface area contributed by atoms with Crippen LogP contribution in [0.2, 0.25) is 0 Å². The maximum Gasteiger partial charge on any atom is 0.0375 e. The predicted octanol–water partition coefficient (Wildman–Crippen LogP) is 2.66. The molecule has 1 heteroatoms. The minimum atomic E-state index is 1.13.